The number of carbonyl (C=O) groups excluding carboxylic acids is 1. The van der Waals surface area contributed by atoms with Crippen LogP contribution in [0.5, 0.6) is 0 Å². The normalized spacial score (nSPS) is 41.2. The molecule has 1 atom stereocenters. The molecule has 3 N–H and O–H groups in total. The zero-order chi connectivity index (χ0) is 14.4. The molecule has 0 spiro atoms. The lowest BCUT2D eigenvalue weighted by Gasteiger charge is -2.57. The predicted molar refractivity (Wildman–Crippen MR) is 78.4 cm³/mol. The van der Waals surface area contributed by atoms with Crippen molar-refractivity contribution in [3.8, 4) is 0 Å². The molecule has 20 heavy (non-hydrogen) atoms. The number of urea groups is 1. The highest BCUT2D eigenvalue weighted by atomic mass is 16.3. The zero-order valence-corrected chi connectivity index (χ0v) is 12.7. The molecule has 0 aliphatic heterocycles. The summed E-state index contributed by atoms with van der Waals surface area (Å²) < 4.78 is 0. The summed E-state index contributed by atoms with van der Waals surface area (Å²) in [6.45, 7) is 3.87. The van der Waals surface area contributed by atoms with Gasteiger partial charge in [0.05, 0.1) is 12.1 Å². The van der Waals surface area contributed by atoms with Gasteiger partial charge in [0.25, 0.3) is 0 Å². The monoisotopic (exact) mass is 280 g/mol. The Kier molecular flexibility index (Phi) is 3.47. The first-order valence-electron chi connectivity index (χ1n) is 8.17. The van der Waals surface area contributed by atoms with Gasteiger partial charge < -0.3 is 15.7 Å². The molecule has 1 unspecified atom stereocenters. The number of aliphatic hydroxyl groups is 1. The van der Waals surface area contributed by atoms with E-state index in [2.05, 4.69) is 10.6 Å². The lowest BCUT2D eigenvalue weighted by molar-refractivity contribution is -0.0141. The fraction of sp³-hybridized carbons (Fsp3) is 0.938. The van der Waals surface area contributed by atoms with Gasteiger partial charge in [-0.15, -0.1) is 0 Å². The molecule has 0 aromatic heterocycles. The second-order valence-corrected chi connectivity index (χ2v) is 7.85. The predicted octanol–water partition coefficient (Wildman–Crippen LogP) is 2.42. The van der Waals surface area contributed by atoms with Crippen LogP contribution in [0.15, 0.2) is 0 Å². The summed E-state index contributed by atoms with van der Waals surface area (Å²) in [5.74, 6) is 2.49. The van der Waals surface area contributed by atoms with E-state index in [4.69, 9.17) is 0 Å². The quantitative estimate of drug-likeness (QED) is 0.740. The summed E-state index contributed by atoms with van der Waals surface area (Å²) in [7, 11) is 0. The SMILES string of the molecule is CCC(C)(CO)NC(=O)NC12CC3CC(CC(C3)C1)C2. The van der Waals surface area contributed by atoms with E-state index in [0.717, 1.165) is 43.4 Å². The number of aliphatic hydroxyl groups excluding tert-OH is 1. The van der Waals surface area contributed by atoms with E-state index >= 15 is 0 Å². The van der Waals surface area contributed by atoms with E-state index in [9.17, 15) is 9.90 Å². The van der Waals surface area contributed by atoms with E-state index in [1.807, 2.05) is 13.8 Å². The fourth-order valence-electron chi connectivity index (χ4n) is 5.05. The number of hydrogen-bond acceptors (Lipinski definition) is 2. The number of amides is 2. The van der Waals surface area contributed by atoms with Crippen LogP contribution in [-0.2, 0) is 0 Å². The van der Waals surface area contributed by atoms with Crippen LogP contribution in [-0.4, -0.2) is 28.8 Å². The molecule has 4 aliphatic carbocycles. The number of carbonyl (C=O) groups is 1. The summed E-state index contributed by atoms with van der Waals surface area (Å²) in [6.07, 6.45) is 8.36. The minimum Gasteiger partial charge on any atom is -0.394 e. The van der Waals surface area contributed by atoms with Gasteiger partial charge in [-0.25, -0.2) is 4.79 Å². The van der Waals surface area contributed by atoms with Gasteiger partial charge in [0, 0.05) is 5.54 Å². The van der Waals surface area contributed by atoms with Crippen LogP contribution < -0.4 is 10.6 Å². The number of nitrogens with one attached hydrogen (secondary N) is 2. The summed E-state index contributed by atoms with van der Waals surface area (Å²) >= 11 is 0. The van der Waals surface area contributed by atoms with Gasteiger partial charge in [-0.1, -0.05) is 6.92 Å². The average Bonchev–Trinajstić information content (AvgIpc) is 2.36. The molecule has 0 radical (unpaired) electrons. The van der Waals surface area contributed by atoms with E-state index in [1.165, 1.54) is 19.3 Å². The van der Waals surface area contributed by atoms with Crippen LogP contribution >= 0.6 is 0 Å². The first-order valence-corrected chi connectivity index (χ1v) is 8.17. The molecule has 0 aromatic rings. The first-order chi connectivity index (χ1) is 9.46. The molecule has 114 valence electrons. The van der Waals surface area contributed by atoms with Gasteiger partial charge in [-0.05, 0) is 69.6 Å². The van der Waals surface area contributed by atoms with Gasteiger partial charge in [0.1, 0.15) is 0 Å². The van der Waals surface area contributed by atoms with Crippen molar-refractivity contribution in [3.05, 3.63) is 0 Å². The van der Waals surface area contributed by atoms with E-state index in [0.29, 0.717) is 0 Å². The van der Waals surface area contributed by atoms with E-state index in [1.54, 1.807) is 0 Å². The minimum atomic E-state index is -0.508. The molecule has 4 nitrogen and oxygen atoms in total. The maximum Gasteiger partial charge on any atom is 0.315 e. The number of hydrogen-bond donors (Lipinski definition) is 3. The molecule has 0 saturated heterocycles. The standard InChI is InChI=1S/C16H28N2O2/c1-3-15(2,10-19)17-14(20)18-16-7-11-4-12(8-16)6-13(5-11)9-16/h11-13,19H,3-10H2,1-2H3,(H2,17,18,20). The minimum absolute atomic E-state index is 0.0161. The Balaban J connectivity index is 1.64. The van der Waals surface area contributed by atoms with Crippen LogP contribution in [0.4, 0.5) is 4.79 Å². The highest BCUT2D eigenvalue weighted by Crippen LogP contribution is 2.55. The summed E-state index contributed by atoms with van der Waals surface area (Å²) in [6, 6.07) is -0.0923. The third-order valence-corrected chi connectivity index (χ3v) is 5.96. The van der Waals surface area contributed by atoms with Crippen LogP contribution in [0.25, 0.3) is 0 Å². The first kappa shape index (κ1) is 14.2. The van der Waals surface area contributed by atoms with Gasteiger partial charge in [-0.2, -0.15) is 0 Å². The van der Waals surface area contributed by atoms with Crippen LogP contribution in [0.2, 0.25) is 0 Å². The van der Waals surface area contributed by atoms with Crippen molar-refractivity contribution in [2.75, 3.05) is 6.61 Å². The maximum absolute atomic E-state index is 12.3. The lowest BCUT2D eigenvalue weighted by Crippen LogP contribution is -2.63. The Bertz CT molecular complexity index is 355. The molecule has 4 saturated carbocycles. The molecule has 4 rings (SSSR count). The van der Waals surface area contributed by atoms with Crippen LogP contribution in [0.3, 0.4) is 0 Å². The Hall–Kier alpha value is -0.770. The van der Waals surface area contributed by atoms with Crippen molar-refractivity contribution in [3.63, 3.8) is 0 Å². The molecule has 4 fully saturated rings. The van der Waals surface area contributed by atoms with Crippen molar-refractivity contribution < 1.29 is 9.90 Å². The second-order valence-electron chi connectivity index (χ2n) is 7.85. The van der Waals surface area contributed by atoms with E-state index < -0.39 is 5.54 Å². The Labute approximate surface area is 121 Å². The molecule has 0 aromatic carbocycles. The van der Waals surface area contributed by atoms with Crippen LogP contribution in [0, 0.1) is 17.8 Å². The highest BCUT2D eigenvalue weighted by molar-refractivity contribution is 5.75. The summed E-state index contributed by atoms with van der Waals surface area (Å²) in [4.78, 5) is 12.3. The van der Waals surface area contributed by atoms with Crippen molar-refractivity contribution in [1.29, 1.82) is 0 Å². The van der Waals surface area contributed by atoms with Crippen molar-refractivity contribution in [2.45, 2.75) is 69.9 Å². The van der Waals surface area contributed by atoms with Crippen molar-refractivity contribution in [2.24, 2.45) is 17.8 Å². The molecular formula is C16H28N2O2. The highest BCUT2D eigenvalue weighted by Gasteiger charge is 2.51. The van der Waals surface area contributed by atoms with Gasteiger partial charge in [0.15, 0.2) is 0 Å². The molecule has 4 bridgehead atoms. The van der Waals surface area contributed by atoms with Gasteiger partial charge >= 0.3 is 6.03 Å². The second kappa shape index (κ2) is 4.90. The Morgan fingerprint density at radius 1 is 1.20 bits per heavy atom. The largest absolute Gasteiger partial charge is 0.394 e. The smallest absolute Gasteiger partial charge is 0.315 e. The van der Waals surface area contributed by atoms with E-state index in [-0.39, 0.29) is 18.2 Å². The van der Waals surface area contributed by atoms with Crippen molar-refractivity contribution >= 4 is 6.03 Å². The molecule has 4 heteroatoms. The Morgan fingerprint density at radius 2 is 1.70 bits per heavy atom. The third kappa shape index (κ3) is 2.54. The maximum atomic E-state index is 12.3. The topological polar surface area (TPSA) is 61.4 Å². The zero-order valence-electron chi connectivity index (χ0n) is 12.7. The fourth-order valence-corrected chi connectivity index (χ4v) is 5.05. The summed E-state index contributed by atoms with van der Waals surface area (Å²) in [5, 5.41) is 15.7. The van der Waals surface area contributed by atoms with Gasteiger partial charge in [0.2, 0.25) is 0 Å². The lowest BCUT2D eigenvalue weighted by atomic mass is 9.53. The van der Waals surface area contributed by atoms with Crippen LogP contribution in [0.1, 0.15) is 58.8 Å². The molecule has 4 aliphatic rings. The molecule has 2 amide bonds. The Morgan fingerprint density at radius 3 is 2.10 bits per heavy atom. The molecule has 0 heterocycles. The molecular weight excluding hydrogens is 252 g/mol. The van der Waals surface area contributed by atoms with Gasteiger partial charge in [-0.3, -0.25) is 0 Å². The third-order valence-electron chi connectivity index (χ3n) is 5.96. The average molecular weight is 280 g/mol. The summed E-state index contributed by atoms with van der Waals surface area (Å²) in [5.41, 5.74) is -0.463. The van der Waals surface area contributed by atoms with Crippen molar-refractivity contribution in [1.82, 2.24) is 10.6 Å². The number of rotatable bonds is 4.